The summed E-state index contributed by atoms with van der Waals surface area (Å²) in [4.78, 5) is 0. The quantitative estimate of drug-likeness (QED) is 0.880. The highest BCUT2D eigenvalue weighted by Crippen LogP contribution is 2.35. The van der Waals surface area contributed by atoms with Crippen LogP contribution >= 0.6 is 11.8 Å². The minimum atomic E-state index is -0.332. The van der Waals surface area contributed by atoms with E-state index in [1.54, 1.807) is 0 Å². The van der Waals surface area contributed by atoms with E-state index in [4.69, 9.17) is 5.73 Å². The van der Waals surface area contributed by atoms with E-state index in [0.29, 0.717) is 5.25 Å². The van der Waals surface area contributed by atoms with Crippen LogP contribution in [0.2, 0.25) is 0 Å². The predicted octanol–water partition coefficient (Wildman–Crippen LogP) is 2.86. The summed E-state index contributed by atoms with van der Waals surface area (Å²) in [6, 6.07) is 8.55. The number of aliphatic hydroxyl groups is 1. The number of hydrogen-bond donors (Lipinski definition) is 2. The zero-order valence-electron chi connectivity index (χ0n) is 11.1. The number of aryl methyl sites for hydroxylation is 1. The first-order valence-corrected chi connectivity index (χ1v) is 7.74. The molecule has 2 nitrogen and oxygen atoms in total. The molecule has 1 fully saturated rings. The van der Waals surface area contributed by atoms with Crippen molar-refractivity contribution in [2.45, 2.75) is 49.1 Å². The Morgan fingerprint density at radius 1 is 1.44 bits per heavy atom. The van der Waals surface area contributed by atoms with E-state index < -0.39 is 0 Å². The third-order valence-corrected chi connectivity index (χ3v) is 5.24. The van der Waals surface area contributed by atoms with Crippen molar-refractivity contribution in [1.29, 1.82) is 0 Å². The van der Waals surface area contributed by atoms with Crippen LogP contribution < -0.4 is 5.73 Å². The Balaban J connectivity index is 1.89. The molecule has 0 radical (unpaired) electrons. The first-order chi connectivity index (χ1) is 8.63. The molecule has 0 spiro atoms. The second-order valence-corrected chi connectivity index (χ2v) is 6.77. The Kier molecular flexibility index (Phi) is 4.71. The molecule has 3 N–H and O–H groups in total. The minimum Gasteiger partial charge on any atom is -0.394 e. The van der Waals surface area contributed by atoms with Gasteiger partial charge in [0.1, 0.15) is 0 Å². The van der Waals surface area contributed by atoms with Crippen LogP contribution in [0.4, 0.5) is 0 Å². The summed E-state index contributed by atoms with van der Waals surface area (Å²) < 4.78 is 0. The number of benzene rings is 1. The van der Waals surface area contributed by atoms with Crippen LogP contribution in [0.15, 0.2) is 24.3 Å². The Bertz CT molecular complexity index is 396. The molecule has 2 unspecified atom stereocenters. The van der Waals surface area contributed by atoms with Gasteiger partial charge in [0, 0.05) is 16.5 Å². The number of thioether (sulfide) groups is 1. The van der Waals surface area contributed by atoms with Gasteiger partial charge in [0.25, 0.3) is 0 Å². The fourth-order valence-corrected chi connectivity index (χ4v) is 4.13. The van der Waals surface area contributed by atoms with E-state index in [1.807, 2.05) is 11.8 Å². The molecule has 1 aromatic carbocycles. The number of hydrogen-bond acceptors (Lipinski definition) is 3. The van der Waals surface area contributed by atoms with Crippen molar-refractivity contribution < 1.29 is 5.11 Å². The zero-order valence-corrected chi connectivity index (χ0v) is 11.9. The summed E-state index contributed by atoms with van der Waals surface area (Å²) in [5.41, 5.74) is 8.63. The molecule has 3 heteroatoms. The number of nitrogens with two attached hydrogens (primary N) is 1. The molecule has 1 aromatic rings. The lowest BCUT2D eigenvalue weighted by Gasteiger charge is -2.36. The third kappa shape index (κ3) is 3.50. The molecule has 18 heavy (non-hydrogen) atoms. The van der Waals surface area contributed by atoms with Crippen LogP contribution in [-0.4, -0.2) is 22.5 Å². The van der Waals surface area contributed by atoms with E-state index >= 15 is 0 Å². The highest BCUT2D eigenvalue weighted by atomic mass is 32.2. The molecular formula is C15H23NOS. The third-order valence-electron chi connectivity index (χ3n) is 3.89. The largest absolute Gasteiger partial charge is 0.394 e. The van der Waals surface area contributed by atoms with Crippen LogP contribution in [0.3, 0.4) is 0 Å². The lowest BCUT2D eigenvalue weighted by atomic mass is 9.83. The van der Waals surface area contributed by atoms with Gasteiger partial charge in [0.15, 0.2) is 0 Å². The van der Waals surface area contributed by atoms with Crippen molar-refractivity contribution >= 4 is 11.8 Å². The normalized spacial score (nSPS) is 28.3. The van der Waals surface area contributed by atoms with Gasteiger partial charge < -0.3 is 10.8 Å². The topological polar surface area (TPSA) is 46.2 Å². The predicted molar refractivity (Wildman–Crippen MR) is 78.7 cm³/mol. The number of rotatable bonds is 4. The van der Waals surface area contributed by atoms with Gasteiger partial charge in [-0.05, 0) is 37.3 Å². The molecule has 0 saturated heterocycles. The minimum absolute atomic E-state index is 0.119. The van der Waals surface area contributed by atoms with E-state index in [0.717, 1.165) is 25.0 Å². The Morgan fingerprint density at radius 3 is 2.94 bits per heavy atom. The zero-order chi connectivity index (χ0) is 13.0. The van der Waals surface area contributed by atoms with E-state index in [1.165, 1.54) is 17.5 Å². The van der Waals surface area contributed by atoms with E-state index in [2.05, 4.69) is 31.2 Å². The maximum absolute atomic E-state index is 9.36. The Labute approximate surface area is 114 Å². The lowest BCUT2D eigenvalue weighted by Crippen LogP contribution is -2.48. The molecule has 2 rings (SSSR count). The van der Waals surface area contributed by atoms with E-state index in [-0.39, 0.29) is 12.1 Å². The van der Waals surface area contributed by atoms with Crippen molar-refractivity contribution in [3.63, 3.8) is 0 Å². The lowest BCUT2D eigenvalue weighted by molar-refractivity contribution is 0.159. The van der Waals surface area contributed by atoms with Crippen molar-refractivity contribution in [1.82, 2.24) is 0 Å². The van der Waals surface area contributed by atoms with Crippen LogP contribution in [0, 0.1) is 6.92 Å². The van der Waals surface area contributed by atoms with Gasteiger partial charge in [-0.25, -0.2) is 0 Å². The summed E-state index contributed by atoms with van der Waals surface area (Å²) in [6.07, 6.45) is 4.28. The second kappa shape index (κ2) is 6.09. The van der Waals surface area contributed by atoms with Gasteiger partial charge >= 0.3 is 0 Å². The molecule has 100 valence electrons. The van der Waals surface area contributed by atoms with Gasteiger partial charge in [-0.2, -0.15) is 11.8 Å². The molecule has 0 aromatic heterocycles. The van der Waals surface area contributed by atoms with Gasteiger partial charge in [0.05, 0.1) is 6.61 Å². The monoisotopic (exact) mass is 265 g/mol. The first-order valence-electron chi connectivity index (χ1n) is 6.69. The summed E-state index contributed by atoms with van der Waals surface area (Å²) in [5, 5.41) is 9.96. The molecule has 1 saturated carbocycles. The summed E-state index contributed by atoms with van der Waals surface area (Å²) in [7, 11) is 0. The molecule has 2 atom stereocenters. The molecule has 1 aliphatic carbocycles. The summed E-state index contributed by atoms with van der Waals surface area (Å²) in [6.45, 7) is 2.28. The maximum Gasteiger partial charge on any atom is 0.0611 e. The highest BCUT2D eigenvalue weighted by molar-refractivity contribution is 7.99. The Hall–Kier alpha value is -0.510. The molecule has 1 aliphatic rings. The number of aliphatic hydroxyl groups excluding tert-OH is 1. The molecular weight excluding hydrogens is 242 g/mol. The molecule has 0 aliphatic heterocycles. The van der Waals surface area contributed by atoms with Crippen molar-refractivity contribution in [3.8, 4) is 0 Å². The fraction of sp³-hybridized carbons (Fsp3) is 0.600. The van der Waals surface area contributed by atoms with Gasteiger partial charge in [-0.3, -0.25) is 0 Å². The van der Waals surface area contributed by atoms with Crippen molar-refractivity contribution in [2.24, 2.45) is 5.73 Å². The van der Waals surface area contributed by atoms with Gasteiger partial charge in [-0.15, -0.1) is 0 Å². The standard InChI is InChI=1S/C15H23NOS/c1-12-5-2-3-6-13(12)10-18-14-7-4-8-15(16,9-14)11-17/h2-3,5-6,14,17H,4,7-11,16H2,1H3. The van der Waals surface area contributed by atoms with Gasteiger partial charge in [-0.1, -0.05) is 30.7 Å². The van der Waals surface area contributed by atoms with Crippen molar-refractivity contribution in [3.05, 3.63) is 35.4 Å². The average Bonchev–Trinajstić information content (AvgIpc) is 2.38. The van der Waals surface area contributed by atoms with Crippen molar-refractivity contribution in [2.75, 3.05) is 6.61 Å². The molecule has 0 amide bonds. The highest BCUT2D eigenvalue weighted by Gasteiger charge is 2.32. The molecule has 0 bridgehead atoms. The molecule has 0 heterocycles. The SMILES string of the molecule is Cc1ccccc1CSC1CCCC(N)(CO)C1. The fourth-order valence-electron chi connectivity index (χ4n) is 2.60. The summed E-state index contributed by atoms with van der Waals surface area (Å²) in [5.74, 6) is 1.05. The van der Waals surface area contributed by atoms with Crippen LogP contribution in [0.25, 0.3) is 0 Å². The maximum atomic E-state index is 9.36. The Morgan fingerprint density at radius 2 is 2.22 bits per heavy atom. The average molecular weight is 265 g/mol. The smallest absolute Gasteiger partial charge is 0.0611 e. The van der Waals surface area contributed by atoms with Crippen LogP contribution in [0.5, 0.6) is 0 Å². The van der Waals surface area contributed by atoms with Crippen LogP contribution in [0.1, 0.15) is 36.8 Å². The van der Waals surface area contributed by atoms with Gasteiger partial charge in [0.2, 0.25) is 0 Å². The second-order valence-electron chi connectivity index (χ2n) is 5.48. The summed E-state index contributed by atoms with van der Waals surface area (Å²) >= 11 is 1.99. The first kappa shape index (κ1) is 13.9. The van der Waals surface area contributed by atoms with E-state index in [9.17, 15) is 5.11 Å². The van der Waals surface area contributed by atoms with Crippen LogP contribution in [-0.2, 0) is 5.75 Å².